The van der Waals surface area contributed by atoms with E-state index in [0.29, 0.717) is 38.1 Å². The van der Waals surface area contributed by atoms with Crippen LogP contribution in [0.15, 0.2) is 42.5 Å². The number of amides is 2. The van der Waals surface area contributed by atoms with Crippen LogP contribution in [0.2, 0.25) is 0 Å². The molecule has 0 aliphatic carbocycles. The van der Waals surface area contributed by atoms with Gasteiger partial charge in [0.15, 0.2) is 5.13 Å². The van der Waals surface area contributed by atoms with Crippen LogP contribution in [0.1, 0.15) is 12.5 Å². The van der Waals surface area contributed by atoms with Crippen molar-refractivity contribution in [2.24, 2.45) is 0 Å². The van der Waals surface area contributed by atoms with E-state index in [-0.39, 0.29) is 17.6 Å². The lowest BCUT2D eigenvalue weighted by molar-refractivity contribution is -0.130. The molecule has 1 fully saturated rings. The number of benzene rings is 2. The second-order valence-corrected chi connectivity index (χ2v) is 8.01. The Hall–Kier alpha value is -3.00. The summed E-state index contributed by atoms with van der Waals surface area (Å²) in [6, 6.07) is 12.3. The van der Waals surface area contributed by atoms with Crippen LogP contribution in [-0.2, 0) is 16.0 Å². The van der Waals surface area contributed by atoms with Crippen molar-refractivity contribution in [3.05, 3.63) is 53.8 Å². The highest BCUT2D eigenvalue weighted by Gasteiger charge is 2.23. The number of hydrogen-bond donors (Lipinski definition) is 1. The van der Waals surface area contributed by atoms with Crippen LogP contribution in [0.3, 0.4) is 0 Å². The fraction of sp³-hybridized carbons (Fsp3) is 0.286. The van der Waals surface area contributed by atoms with E-state index < -0.39 is 0 Å². The first kappa shape index (κ1) is 19.3. The molecule has 2 amide bonds. The van der Waals surface area contributed by atoms with Crippen LogP contribution in [0, 0.1) is 5.82 Å². The summed E-state index contributed by atoms with van der Waals surface area (Å²) in [6.45, 7) is 4.04. The quantitative estimate of drug-likeness (QED) is 0.714. The molecule has 0 saturated carbocycles. The van der Waals surface area contributed by atoms with E-state index in [9.17, 15) is 14.0 Å². The van der Waals surface area contributed by atoms with E-state index in [1.165, 1.54) is 24.3 Å². The van der Waals surface area contributed by atoms with Gasteiger partial charge in [-0.3, -0.25) is 9.59 Å². The van der Waals surface area contributed by atoms with Crippen LogP contribution in [0.25, 0.3) is 10.2 Å². The van der Waals surface area contributed by atoms with Crippen LogP contribution < -0.4 is 10.2 Å². The predicted molar refractivity (Wildman–Crippen MR) is 113 cm³/mol. The van der Waals surface area contributed by atoms with Gasteiger partial charge < -0.3 is 15.1 Å². The smallest absolute Gasteiger partial charge is 0.227 e. The lowest BCUT2D eigenvalue weighted by Crippen LogP contribution is -2.49. The molecule has 1 saturated heterocycles. The molecule has 2 aromatic carbocycles. The van der Waals surface area contributed by atoms with E-state index in [2.05, 4.69) is 15.2 Å². The maximum Gasteiger partial charge on any atom is 0.227 e. The van der Waals surface area contributed by atoms with Gasteiger partial charge in [0.25, 0.3) is 0 Å². The minimum absolute atomic E-state index is 0.0762. The number of piperazine rings is 1. The van der Waals surface area contributed by atoms with E-state index in [4.69, 9.17) is 0 Å². The molecule has 1 aromatic heterocycles. The second kappa shape index (κ2) is 8.16. The van der Waals surface area contributed by atoms with E-state index in [0.717, 1.165) is 21.1 Å². The van der Waals surface area contributed by atoms with Gasteiger partial charge in [-0.1, -0.05) is 29.5 Å². The largest absolute Gasteiger partial charge is 0.345 e. The van der Waals surface area contributed by atoms with Crippen molar-refractivity contribution in [2.75, 3.05) is 36.4 Å². The Balaban J connectivity index is 1.34. The Morgan fingerprint density at radius 1 is 1.10 bits per heavy atom. The topological polar surface area (TPSA) is 65.5 Å². The van der Waals surface area contributed by atoms with Gasteiger partial charge in [-0.05, 0) is 29.8 Å². The standard InChI is InChI=1S/C21H21FN4O2S/c1-14(27)23-16-7-5-15(6-8-16)13-19(28)25-9-11-26(12-10-25)21-24-20-17(22)3-2-4-18(20)29-21/h2-8H,9-13H2,1H3,(H,23,27). The van der Waals surface area contributed by atoms with Gasteiger partial charge >= 0.3 is 0 Å². The molecular weight excluding hydrogens is 391 g/mol. The predicted octanol–water partition coefficient (Wildman–Crippen LogP) is 3.29. The van der Waals surface area contributed by atoms with Crippen molar-refractivity contribution in [1.82, 2.24) is 9.88 Å². The fourth-order valence-corrected chi connectivity index (χ4v) is 4.41. The third-order valence-electron chi connectivity index (χ3n) is 4.89. The Morgan fingerprint density at radius 3 is 2.48 bits per heavy atom. The normalized spacial score (nSPS) is 14.3. The number of carbonyl (C=O) groups is 2. The van der Waals surface area contributed by atoms with Crippen molar-refractivity contribution in [2.45, 2.75) is 13.3 Å². The van der Waals surface area contributed by atoms with Gasteiger partial charge in [0.2, 0.25) is 11.8 Å². The fourth-order valence-electron chi connectivity index (χ4n) is 3.38. The molecule has 0 spiro atoms. The maximum atomic E-state index is 13.9. The number of anilines is 2. The van der Waals surface area contributed by atoms with Crippen molar-refractivity contribution in [1.29, 1.82) is 0 Å². The van der Waals surface area contributed by atoms with Gasteiger partial charge in [0.05, 0.1) is 11.1 Å². The lowest BCUT2D eigenvalue weighted by Gasteiger charge is -2.34. The number of aromatic nitrogens is 1. The van der Waals surface area contributed by atoms with E-state index in [1.807, 2.05) is 23.1 Å². The van der Waals surface area contributed by atoms with Gasteiger partial charge in [-0.2, -0.15) is 0 Å². The molecule has 3 aromatic rings. The monoisotopic (exact) mass is 412 g/mol. The summed E-state index contributed by atoms with van der Waals surface area (Å²) < 4.78 is 14.7. The summed E-state index contributed by atoms with van der Waals surface area (Å²) in [5.74, 6) is -0.349. The minimum atomic E-state index is -0.302. The SMILES string of the molecule is CC(=O)Nc1ccc(CC(=O)N2CCN(c3nc4c(F)cccc4s3)CC2)cc1. The molecule has 1 N–H and O–H groups in total. The Kier molecular flexibility index (Phi) is 5.44. The molecule has 1 aliphatic rings. The minimum Gasteiger partial charge on any atom is -0.345 e. The lowest BCUT2D eigenvalue weighted by atomic mass is 10.1. The van der Waals surface area contributed by atoms with Crippen molar-refractivity contribution in [3.63, 3.8) is 0 Å². The van der Waals surface area contributed by atoms with Gasteiger partial charge in [0.1, 0.15) is 11.3 Å². The highest BCUT2D eigenvalue weighted by atomic mass is 32.1. The molecule has 8 heteroatoms. The van der Waals surface area contributed by atoms with Crippen LogP contribution in [0.4, 0.5) is 15.2 Å². The number of halogens is 1. The first-order chi connectivity index (χ1) is 14.0. The number of thiazole rings is 1. The number of rotatable bonds is 4. The summed E-state index contributed by atoms with van der Waals surface area (Å²) in [5.41, 5.74) is 2.04. The van der Waals surface area contributed by atoms with Gasteiger partial charge in [-0.15, -0.1) is 0 Å². The molecule has 0 bridgehead atoms. The molecule has 29 heavy (non-hydrogen) atoms. The average Bonchev–Trinajstić information content (AvgIpc) is 3.15. The zero-order valence-corrected chi connectivity index (χ0v) is 16.8. The number of nitrogens with zero attached hydrogens (tertiary/aromatic N) is 3. The molecule has 2 heterocycles. The van der Waals surface area contributed by atoms with Crippen molar-refractivity contribution < 1.29 is 14.0 Å². The Labute approximate surface area is 172 Å². The number of carbonyl (C=O) groups excluding carboxylic acids is 2. The molecule has 4 rings (SSSR count). The summed E-state index contributed by atoms with van der Waals surface area (Å²) in [4.78, 5) is 32.1. The zero-order valence-electron chi connectivity index (χ0n) is 16.0. The molecular formula is C21H21FN4O2S. The third-order valence-corrected chi connectivity index (χ3v) is 5.97. The van der Waals surface area contributed by atoms with Gasteiger partial charge in [0, 0.05) is 38.8 Å². The molecule has 0 atom stereocenters. The maximum absolute atomic E-state index is 13.9. The summed E-state index contributed by atoms with van der Waals surface area (Å²) >= 11 is 1.48. The number of nitrogens with one attached hydrogen (secondary N) is 1. The Bertz CT molecular complexity index is 1040. The van der Waals surface area contributed by atoms with Gasteiger partial charge in [-0.25, -0.2) is 9.37 Å². The zero-order chi connectivity index (χ0) is 20.4. The van der Waals surface area contributed by atoms with Crippen LogP contribution in [0.5, 0.6) is 0 Å². The highest BCUT2D eigenvalue weighted by molar-refractivity contribution is 7.22. The first-order valence-corrected chi connectivity index (χ1v) is 10.3. The highest BCUT2D eigenvalue weighted by Crippen LogP contribution is 2.30. The molecule has 6 nitrogen and oxygen atoms in total. The van der Waals surface area contributed by atoms with E-state index >= 15 is 0 Å². The second-order valence-electron chi connectivity index (χ2n) is 7.01. The average molecular weight is 412 g/mol. The summed E-state index contributed by atoms with van der Waals surface area (Å²) in [5, 5.41) is 3.51. The van der Waals surface area contributed by atoms with Crippen LogP contribution >= 0.6 is 11.3 Å². The van der Waals surface area contributed by atoms with Crippen molar-refractivity contribution >= 4 is 44.2 Å². The van der Waals surface area contributed by atoms with Crippen molar-refractivity contribution in [3.8, 4) is 0 Å². The summed E-state index contributed by atoms with van der Waals surface area (Å²) in [7, 11) is 0. The first-order valence-electron chi connectivity index (χ1n) is 9.44. The van der Waals surface area contributed by atoms with E-state index in [1.54, 1.807) is 18.2 Å². The molecule has 0 unspecified atom stereocenters. The third kappa shape index (κ3) is 4.37. The molecule has 150 valence electrons. The number of hydrogen-bond acceptors (Lipinski definition) is 5. The number of fused-ring (bicyclic) bond motifs is 1. The number of para-hydroxylation sites is 1. The van der Waals surface area contributed by atoms with Crippen LogP contribution in [-0.4, -0.2) is 47.9 Å². The molecule has 1 aliphatic heterocycles. The molecule has 0 radical (unpaired) electrons. The summed E-state index contributed by atoms with van der Waals surface area (Å²) in [6.07, 6.45) is 0.326. The Morgan fingerprint density at radius 2 is 1.83 bits per heavy atom.